The minimum absolute atomic E-state index is 0.135. The van der Waals surface area contributed by atoms with Crippen molar-refractivity contribution in [1.29, 1.82) is 0 Å². The molecular formula is C10H19NO2. The lowest BCUT2D eigenvalue weighted by molar-refractivity contribution is -0.120. The second-order valence-electron chi connectivity index (χ2n) is 3.48. The molecule has 1 rings (SSSR count). The average Bonchev–Trinajstić information content (AvgIpc) is 2.19. The summed E-state index contributed by atoms with van der Waals surface area (Å²) in [7, 11) is 0. The Balaban J connectivity index is 2.01. The van der Waals surface area contributed by atoms with Crippen molar-refractivity contribution in [3.05, 3.63) is 0 Å². The van der Waals surface area contributed by atoms with Gasteiger partial charge in [0.25, 0.3) is 0 Å². The Kier molecular flexibility index (Phi) is 4.83. The summed E-state index contributed by atoms with van der Waals surface area (Å²) in [4.78, 5) is 10.9. The lowest BCUT2D eigenvalue weighted by Crippen LogP contribution is -2.28. The average molecular weight is 185 g/mol. The number of carbonyl (C=O) groups excluding carboxylic acids is 1. The molecule has 0 saturated carbocycles. The zero-order chi connectivity index (χ0) is 9.52. The van der Waals surface area contributed by atoms with Crippen molar-refractivity contribution in [2.75, 3.05) is 13.2 Å². The summed E-state index contributed by atoms with van der Waals surface area (Å²) in [6.45, 7) is 3.52. The van der Waals surface area contributed by atoms with Crippen molar-refractivity contribution in [3.8, 4) is 0 Å². The maximum absolute atomic E-state index is 10.9. The maximum atomic E-state index is 10.9. The minimum Gasteiger partial charge on any atom is -0.378 e. The molecule has 0 radical (unpaired) electrons. The highest BCUT2D eigenvalue weighted by Crippen LogP contribution is 2.14. The fourth-order valence-electron chi connectivity index (χ4n) is 1.53. The molecule has 0 aliphatic carbocycles. The first kappa shape index (κ1) is 10.5. The van der Waals surface area contributed by atoms with E-state index < -0.39 is 0 Å². The molecule has 1 unspecified atom stereocenters. The van der Waals surface area contributed by atoms with Crippen LogP contribution >= 0.6 is 0 Å². The smallest absolute Gasteiger partial charge is 0.219 e. The molecule has 1 aliphatic heterocycles. The first-order valence-electron chi connectivity index (χ1n) is 5.21. The Morgan fingerprint density at radius 3 is 3.00 bits per heavy atom. The first-order valence-corrected chi connectivity index (χ1v) is 5.21. The van der Waals surface area contributed by atoms with Crippen molar-refractivity contribution < 1.29 is 9.53 Å². The minimum atomic E-state index is 0.135. The van der Waals surface area contributed by atoms with E-state index in [-0.39, 0.29) is 5.91 Å². The number of amides is 1. The zero-order valence-corrected chi connectivity index (χ0v) is 8.34. The van der Waals surface area contributed by atoms with Gasteiger partial charge in [-0.3, -0.25) is 4.79 Å². The largest absolute Gasteiger partial charge is 0.378 e. The number of rotatable bonds is 4. The lowest BCUT2D eigenvalue weighted by Gasteiger charge is -2.22. The summed E-state index contributed by atoms with van der Waals surface area (Å²) in [5.41, 5.74) is 0. The predicted octanol–water partition coefficient (Wildman–Crippen LogP) is 1.47. The Morgan fingerprint density at radius 2 is 2.38 bits per heavy atom. The highest BCUT2D eigenvalue weighted by molar-refractivity contribution is 5.75. The van der Waals surface area contributed by atoms with E-state index >= 15 is 0 Å². The van der Waals surface area contributed by atoms with Gasteiger partial charge >= 0.3 is 0 Å². The van der Waals surface area contributed by atoms with E-state index in [9.17, 15) is 4.79 Å². The molecule has 1 aliphatic rings. The quantitative estimate of drug-likeness (QED) is 0.720. The van der Waals surface area contributed by atoms with E-state index in [0.29, 0.717) is 12.5 Å². The number of ether oxygens (including phenoxy) is 1. The topological polar surface area (TPSA) is 38.3 Å². The van der Waals surface area contributed by atoms with Crippen LogP contribution in [0.5, 0.6) is 0 Å². The molecule has 0 aromatic heterocycles. The normalized spacial score (nSPS) is 22.7. The molecule has 0 aromatic rings. The van der Waals surface area contributed by atoms with Gasteiger partial charge in [0, 0.05) is 19.6 Å². The second-order valence-corrected chi connectivity index (χ2v) is 3.48. The third-order valence-corrected chi connectivity index (χ3v) is 2.38. The van der Waals surface area contributed by atoms with Crippen molar-refractivity contribution in [2.24, 2.45) is 0 Å². The highest BCUT2D eigenvalue weighted by atomic mass is 16.5. The van der Waals surface area contributed by atoms with E-state index in [1.165, 1.54) is 12.8 Å². The Morgan fingerprint density at radius 1 is 1.54 bits per heavy atom. The van der Waals surface area contributed by atoms with Crippen LogP contribution in [0.4, 0.5) is 0 Å². The third kappa shape index (κ3) is 4.27. The molecule has 1 fully saturated rings. The molecule has 0 bridgehead atoms. The molecule has 0 spiro atoms. The summed E-state index contributed by atoms with van der Waals surface area (Å²) in [5.74, 6) is 0.135. The fraction of sp³-hybridized carbons (Fsp3) is 0.900. The Hall–Kier alpha value is -0.570. The summed E-state index contributed by atoms with van der Waals surface area (Å²) < 4.78 is 5.54. The van der Waals surface area contributed by atoms with Crippen LogP contribution < -0.4 is 5.32 Å². The standard InChI is InChI=1S/C10H19NO2/c1-2-10(12)11-7-6-9-5-3-4-8-13-9/h9H,2-8H2,1H3,(H,11,12). The molecule has 1 atom stereocenters. The van der Waals surface area contributed by atoms with Crippen LogP contribution in [-0.4, -0.2) is 25.2 Å². The van der Waals surface area contributed by atoms with Crippen LogP contribution in [0.1, 0.15) is 39.0 Å². The molecule has 76 valence electrons. The van der Waals surface area contributed by atoms with Gasteiger partial charge in [-0.05, 0) is 25.7 Å². The van der Waals surface area contributed by atoms with Crippen LogP contribution in [-0.2, 0) is 9.53 Å². The molecule has 1 amide bonds. The number of nitrogens with one attached hydrogen (secondary N) is 1. The monoisotopic (exact) mass is 185 g/mol. The van der Waals surface area contributed by atoms with E-state index in [4.69, 9.17) is 4.74 Å². The van der Waals surface area contributed by atoms with E-state index in [0.717, 1.165) is 26.0 Å². The summed E-state index contributed by atoms with van der Waals surface area (Å²) in [6.07, 6.45) is 5.54. The van der Waals surface area contributed by atoms with Crippen LogP contribution in [0, 0.1) is 0 Å². The van der Waals surface area contributed by atoms with Gasteiger partial charge < -0.3 is 10.1 Å². The highest BCUT2D eigenvalue weighted by Gasteiger charge is 2.13. The van der Waals surface area contributed by atoms with Gasteiger partial charge in [-0.15, -0.1) is 0 Å². The van der Waals surface area contributed by atoms with Crippen molar-refractivity contribution in [1.82, 2.24) is 5.32 Å². The van der Waals surface area contributed by atoms with Crippen molar-refractivity contribution >= 4 is 5.91 Å². The van der Waals surface area contributed by atoms with Gasteiger partial charge in [-0.2, -0.15) is 0 Å². The Labute approximate surface area is 79.8 Å². The molecule has 3 heteroatoms. The fourth-order valence-corrected chi connectivity index (χ4v) is 1.53. The zero-order valence-electron chi connectivity index (χ0n) is 8.34. The molecule has 0 aromatic carbocycles. The molecular weight excluding hydrogens is 166 g/mol. The van der Waals surface area contributed by atoms with Crippen LogP contribution in [0.25, 0.3) is 0 Å². The summed E-state index contributed by atoms with van der Waals surface area (Å²) >= 11 is 0. The van der Waals surface area contributed by atoms with Gasteiger partial charge in [-0.25, -0.2) is 0 Å². The van der Waals surface area contributed by atoms with E-state index in [1.54, 1.807) is 0 Å². The van der Waals surface area contributed by atoms with E-state index in [2.05, 4.69) is 5.32 Å². The van der Waals surface area contributed by atoms with Crippen LogP contribution in [0.2, 0.25) is 0 Å². The van der Waals surface area contributed by atoms with Gasteiger partial charge in [-0.1, -0.05) is 6.92 Å². The molecule has 1 heterocycles. The van der Waals surface area contributed by atoms with Gasteiger partial charge in [0.2, 0.25) is 5.91 Å². The third-order valence-electron chi connectivity index (χ3n) is 2.38. The summed E-state index contributed by atoms with van der Waals surface area (Å²) in [5, 5.41) is 2.86. The summed E-state index contributed by atoms with van der Waals surface area (Å²) in [6, 6.07) is 0. The second kappa shape index (κ2) is 5.97. The predicted molar refractivity (Wildman–Crippen MR) is 51.5 cm³/mol. The number of hydrogen-bond acceptors (Lipinski definition) is 2. The van der Waals surface area contributed by atoms with Crippen molar-refractivity contribution in [2.45, 2.75) is 45.1 Å². The van der Waals surface area contributed by atoms with Crippen molar-refractivity contribution in [3.63, 3.8) is 0 Å². The van der Waals surface area contributed by atoms with Gasteiger partial charge in [0.1, 0.15) is 0 Å². The number of carbonyl (C=O) groups is 1. The lowest BCUT2D eigenvalue weighted by atomic mass is 10.1. The molecule has 3 nitrogen and oxygen atoms in total. The molecule has 13 heavy (non-hydrogen) atoms. The Bertz CT molecular complexity index is 153. The molecule has 1 N–H and O–H groups in total. The van der Waals surface area contributed by atoms with Gasteiger partial charge in [0.05, 0.1) is 6.10 Å². The molecule has 1 saturated heterocycles. The van der Waals surface area contributed by atoms with Gasteiger partial charge in [0.15, 0.2) is 0 Å². The van der Waals surface area contributed by atoms with E-state index in [1.807, 2.05) is 6.92 Å². The number of hydrogen-bond donors (Lipinski definition) is 1. The maximum Gasteiger partial charge on any atom is 0.219 e. The van der Waals surface area contributed by atoms with Crippen LogP contribution in [0.3, 0.4) is 0 Å². The van der Waals surface area contributed by atoms with Crippen LogP contribution in [0.15, 0.2) is 0 Å². The SMILES string of the molecule is CCC(=O)NCCC1CCCCO1. The first-order chi connectivity index (χ1) is 6.33.